The molecule has 1 unspecified atom stereocenters. The number of phosphoric acid groups is 1. The fraction of sp³-hybridized carbons (Fsp3) is 0.667. The first-order valence-corrected chi connectivity index (χ1v) is 3.84. The summed E-state index contributed by atoms with van der Waals surface area (Å²) >= 11 is 0. The summed E-state index contributed by atoms with van der Waals surface area (Å²) in [5, 5.41) is 8.44. The highest BCUT2D eigenvalue weighted by Crippen LogP contribution is 2.37. The summed E-state index contributed by atoms with van der Waals surface area (Å²) in [6, 6.07) is 0. The average molecular weight is 170 g/mol. The van der Waals surface area contributed by atoms with Gasteiger partial charge in [0, 0.05) is 0 Å². The smallest absolute Gasteiger partial charge is 0.367 e. The van der Waals surface area contributed by atoms with Crippen molar-refractivity contribution in [2.24, 2.45) is 0 Å². The minimum atomic E-state index is -4.66. The molecule has 3 N–H and O–H groups in total. The molecule has 1 atom stereocenters. The second-order valence-corrected chi connectivity index (χ2v) is 2.64. The van der Waals surface area contributed by atoms with Crippen molar-refractivity contribution < 1.29 is 28.8 Å². The number of carbonyl (C=O) groups excluding carboxylic acids is 1. The third-order valence-electron chi connectivity index (χ3n) is 0.557. The van der Waals surface area contributed by atoms with Crippen LogP contribution in [0.4, 0.5) is 0 Å². The number of hydrogen-bond acceptors (Lipinski definition) is 4. The fourth-order valence-corrected chi connectivity index (χ4v) is 0.687. The number of aldehydes is 1. The van der Waals surface area contributed by atoms with Crippen LogP contribution in [0.3, 0.4) is 0 Å². The van der Waals surface area contributed by atoms with E-state index in [-0.39, 0.29) is 0 Å². The van der Waals surface area contributed by atoms with Gasteiger partial charge in [-0.25, -0.2) is 4.57 Å². The van der Waals surface area contributed by atoms with Crippen molar-refractivity contribution in [3.63, 3.8) is 0 Å². The molecule has 6 nitrogen and oxygen atoms in total. The molecule has 0 aromatic rings. The van der Waals surface area contributed by atoms with Gasteiger partial charge in [0.25, 0.3) is 0 Å². The highest BCUT2D eigenvalue weighted by molar-refractivity contribution is 7.46. The summed E-state index contributed by atoms with van der Waals surface area (Å²) in [6.45, 7) is 0. The normalized spacial score (nSPS) is 14.7. The molecule has 0 amide bonds. The molecule has 7 heteroatoms. The highest BCUT2D eigenvalue weighted by atomic mass is 31.2. The Bertz CT molecular complexity index is 149. The van der Waals surface area contributed by atoms with E-state index in [0.717, 1.165) is 0 Å². The van der Waals surface area contributed by atoms with Crippen molar-refractivity contribution in [1.82, 2.24) is 0 Å². The molecule has 0 aromatic carbocycles. The van der Waals surface area contributed by atoms with Gasteiger partial charge in [-0.3, -0.25) is 4.52 Å². The predicted molar refractivity (Wildman–Crippen MR) is 29.8 cm³/mol. The molecule has 0 heterocycles. The Balaban J connectivity index is 3.68. The van der Waals surface area contributed by atoms with Crippen LogP contribution in [0.15, 0.2) is 0 Å². The zero-order valence-corrected chi connectivity index (χ0v) is 5.77. The van der Waals surface area contributed by atoms with Crippen molar-refractivity contribution in [3.05, 3.63) is 0 Å². The lowest BCUT2D eigenvalue weighted by Crippen LogP contribution is -2.10. The lowest BCUT2D eigenvalue weighted by molar-refractivity contribution is -0.114. The second-order valence-electron chi connectivity index (χ2n) is 1.45. The van der Waals surface area contributed by atoms with Crippen LogP contribution in [0.5, 0.6) is 0 Å². The van der Waals surface area contributed by atoms with E-state index in [2.05, 4.69) is 4.52 Å². The van der Waals surface area contributed by atoms with Crippen molar-refractivity contribution >= 4 is 14.1 Å². The van der Waals surface area contributed by atoms with Gasteiger partial charge in [-0.1, -0.05) is 0 Å². The highest BCUT2D eigenvalue weighted by Gasteiger charge is 2.19. The summed E-state index contributed by atoms with van der Waals surface area (Å²) in [4.78, 5) is 25.7. The van der Waals surface area contributed by atoms with Crippen molar-refractivity contribution in [1.29, 1.82) is 0 Å². The molecule has 60 valence electrons. The summed E-state index contributed by atoms with van der Waals surface area (Å²) in [6.07, 6.45) is -1.89. The van der Waals surface area contributed by atoms with E-state index < -0.39 is 20.5 Å². The van der Waals surface area contributed by atoms with Crippen LogP contribution in [-0.4, -0.2) is 27.5 Å². The van der Waals surface area contributed by atoms with Crippen molar-refractivity contribution in [2.45, 2.75) is 12.7 Å². The molecular formula is C3H7O6P. The first kappa shape index (κ1) is 9.74. The molecule has 0 radical (unpaired) electrons. The summed E-state index contributed by atoms with van der Waals surface area (Å²) in [5.41, 5.74) is 0. The van der Waals surface area contributed by atoms with Gasteiger partial charge in [0.05, 0.1) is 6.42 Å². The maximum absolute atomic E-state index is 9.91. The van der Waals surface area contributed by atoms with Gasteiger partial charge in [0.15, 0.2) is 6.29 Å². The lowest BCUT2D eigenvalue weighted by Gasteiger charge is -2.08. The Hall–Kier alpha value is -0.260. The van der Waals surface area contributed by atoms with Crippen LogP contribution in [0.2, 0.25) is 0 Å². The van der Waals surface area contributed by atoms with Crippen LogP contribution < -0.4 is 0 Å². The third kappa shape index (κ3) is 5.87. The monoisotopic (exact) mass is 170 g/mol. The minimum absolute atomic E-state index is 0.292. The van der Waals surface area contributed by atoms with E-state index in [0.29, 0.717) is 6.29 Å². The Morgan fingerprint density at radius 2 is 2.10 bits per heavy atom. The molecule has 0 fully saturated rings. The standard InChI is InChI=1S/C3H7O6P/c4-2-1-3(5)9-10(6,7)8/h2-3,5H,1H2,(H2,6,7,8). The first-order chi connectivity index (χ1) is 4.45. The van der Waals surface area contributed by atoms with E-state index in [4.69, 9.17) is 14.9 Å². The van der Waals surface area contributed by atoms with Gasteiger partial charge in [-0.15, -0.1) is 0 Å². The molecule has 0 saturated carbocycles. The molecule has 0 spiro atoms. The molecule has 0 aromatic heterocycles. The van der Waals surface area contributed by atoms with Crippen LogP contribution >= 0.6 is 7.82 Å². The van der Waals surface area contributed by atoms with Gasteiger partial charge in [0.1, 0.15) is 6.29 Å². The summed E-state index contributed by atoms with van der Waals surface area (Å²) in [7, 11) is -4.66. The zero-order valence-electron chi connectivity index (χ0n) is 4.88. The number of carbonyl (C=O) groups is 1. The Labute approximate surface area is 56.7 Å². The van der Waals surface area contributed by atoms with E-state index in [9.17, 15) is 9.36 Å². The van der Waals surface area contributed by atoms with Crippen LogP contribution in [0, 0.1) is 0 Å². The maximum Gasteiger partial charge on any atom is 0.471 e. The lowest BCUT2D eigenvalue weighted by atomic mass is 10.5. The SMILES string of the molecule is O=CCC(O)OP(=O)(O)O. The van der Waals surface area contributed by atoms with Gasteiger partial charge in [0.2, 0.25) is 0 Å². The molecule has 10 heavy (non-hydrogen) atoms. The van der Waals surface area contributed by atoms with E-state index >= 15 is 0 Å². The number of hydrogen-bond donors (Lipinski definition) is 3. The fourth-order valence-electron chi connectivity index (χ4n) is 0.284. The molecule has 0 aliphatic carbocycles. The van der Waals surface area contributed by atoms with E-state index in [1.165, 1.54) is 0 Å². The third-order valence-corrected chi connectivity index (χ3v) is 1.07. The van der Waals surface area contributed by atoms with Crippen LogP contribution in [-0.2, 0) is 13.9 Å². The largest absolute Gasteiger partial charge is 0.471 e. The number of phosphoric ester groups is 1. The van der Waals surface area contributed by atoms with Gasteiger partial charge < -0.3 is 19.7 Å². The topological polar surface area (TPSA) is 104 Å². The Morgan fingerprint density at radius 3 is 2.40 bits per heavy atom. The molecule has 0 saturated heterocycles. The average Bonchev–Trinajstić information content (AvgIpc) is 1.59. The van der Waals surface area contributed by atoms with Gasteiger partial charge >= 0.3 is 7.82 Å². The van der Waals surface area contributed by atoms with Crippen LogP contribution in [0.1, 0.15) is 6.42 Å². The molecule has 0 bridgehead atoms. The van der Waals surface area contributed by atoms with Gasteiger partial charge in [-0.2, -0.15) is 0 Å². The molecular weight excluding hydrogens is 163 g/mol. The summed E-state index contributed by atoms with van der Waals surface area (Å²) in [5.74, 6) is 0. The summed E-state index contributed by atoms with van der Waals surface area (Å²) < 4.78 is 13.6. The quantitative estimate of drug-likeness (QED) is 0.284. The maximum atomic E-state index is 9.91. The Morgan fingerprint density at radius 1 is 1.60 bits per heavy atom. The Kier molecular flexibility index (Phi) is 3.70. The van der Waals surface area contributed by atoms with Gasteiger partial charge in [-0.05, 0) is 0 Å². The number of aliphatic hydroxyl groups is 1. The van der Waals surface area contributed by atoms with E-state index in [1.807, 2.05) is 0 Å². The molecule has 0 aliphatic rings. The van der Waals surface area contributed by atoms with E-state index in [1.54, 1.807) is 0 Å². The van der Waals surface area contributed by atoms with Crippen molar-refractivity contribution in [3.8, 4) is 0 Å². The molecule has 0 rings (SSSR count). The first-order valence-electron chi connectivity index (χ1n) is 2.31. The van der Waals surface area contributed by atoms with Crippen LogP contribution in [0.25, 0.3) is 0 Å². The zero-order chi connectivity index (χ0) is 8.20. The minimum Gasteiger partial charge on any atom is -0.367 e. The second kappa shape index (κ2) is 3.80. The van der Waals surface area contributed by atoms with Crippen molar-refractivity contribution in [2.75, 3.05) is 0 Å². The predicted octanol–water partition coefficient (Wildman–Crippen LogP) is -0.997. The number of aliphatic hydroxyl groups excluding tert-OH is 1. The molecule has 0 aliphatic heterocycles. The number of rotatable bonds is 4.